The fourth-order valence-electron chi connectivity index (χ4n) is 2.48. The fourth-order valence-corrected chi connectivity index (χ4v) is 4.41. The lowest BCUT2D eigenvalue weighted by molar-refractivity contribution is 0.110. The second kappa shape index (κ2) is 5.18. The van der Waals surface area contributed by atoms with E-state index in [1.165, 1.54) is 10.4 Å². The Bertz CT molecular complexity index is 818. The molecule has 0 aromatic heterocycles. The smallest absolute Gasteiger partial charge is 0.264 e. The maximum atomic E-state index is 13.0. The molecule has 2 aromatic rings. The number of sulfonamides is 1. The van der Waals surface area contributed by atoms with Gasteiger partial charge in [-0.1, -0.05) is 29.8 Å². The Labute approximate surface area is 135 Å². The van der Waals surface area contributed by atoms with E-state index in [1.807, 2.05) is 19.9 Å². The van der Waals surface area contributed by atoms with Crippen LogP contribution >= 0.6 is 11.6 Å². The first-order valence-corrected chi connectivity index (χ1v) is 8.68. The minimum Gasteiger partial charge on any atom is -0.484 e. The van der Waals surface area contributed by atoms with E-state index < -0.39 is 15.6 Å². The number of ether oxygens (including phenoxy) is 1. The lowest BCUT2D eigenvalue weighted by Gasteiger charge is -2.39. The van der Waals surface area contributed by atoms with Gasteiger partial charge in [0.05, 0.1) is 17.1 Å². The van der Waals surface area contributed by atoms with Crippen LogP contribution in [-0.2, 0) is 10.0 Å². The van der Waals surface area contributed by atoms with Crippen molar-refractivity contribution in [1.29, 1.82) is 0 Å². The molecule has 0 spiro atoms. The number of hydrogen-bond donors (Lipinski definition) is 0. The van der Waals surface area contributed by atoms with Crippen LogP contribution in [0.1, 0.15) is 13.8 Å². The highest BCUT2D eigenvalue weighted by Gasteiger charge is 2.38. The van der Waals surface area contributed by atoms with Crippen molar-refractivity contribution in [1.82, 2.24) is 0 Å². The highest BCUT2D eigenvalue weighted by atomic mass is 35.5. The first kappa shape index (κ1) is 15.2. The van der Waals surface area contributed by atoms with Gasteiger partial charge in [0.1, 0.15) is 11.4 Å². The van der Waals surface area contributed by atoms with Crippen LogP contribution in [0.5, 0.6) is 5.75 Å². The van der Waals surface area contributed by atoms with Gasteiger partial charge >= 0.3 is 0 Å². The monoisotopic (exact) mass is 337 g/mol. The van der Waals surface area contributed by atoms with E-state index in [0.717, 1.165) is 0 Å². The Kier molecular flexibility index (Phi) is 3.57. The van der Waals surface area contributed by atoms with E-state index in [0.29, 0.717) is 16.5 Å². The SMILES string of the molecule is CC1(C)CN(S(=O)(=O)c2cccc(Cl)c2)c2ccccc2O1. The lowest BCUT2D eigenvalue weighted by Crippen LogP contribution is -2.49. The van der Waals surface area contributed by atoms with Crippen molar-refractivity contribution in [2.24, 2.45) is 0 Å². The Hall–Kier alpha value is -1.72. The van der Waals surface area contributed by atoms with Crippen molar-refractivity contribution < 1.29 is 13.2 Å². The molecule has 4 nitrogen and oxygen atoms in total. The molecule has 22 heavy (non-hydrogen) atoms. The van der Waals surface area contributed by atoms with Gasteiger partial charge in [0.2, 0.25) is 0 Å². The molecule has 0 unspecified atom stereocenters. The highest BCUT2D eigenvalue weighted by Crippen LogP contribution is 2.39. The molecule has 0 saturated heterocycles. The van der Waals surface area contributed by atoms with Crippen molar-refractivity contribution in [2.75, 3.05) is 10.8 Å². The summed E-state index contributed by atoms with van der Waals surface area (Å²) in [5.41, 5.74) is -0.0678. The summed E-state index contributed by atoms with van der Waals surface area (Å²) in [7, 11) is -3.70. The Morgan fingerprint density at radius 1 is 1.14 bits per heavy atom. The van der Waals surface area contributed by atoms with E-state index in [4.69, 9.17) is 16.3 Å². The molecular formula is C16H16ClNO3S. The first-order valence-electron chi connectivity index (χ1n) is 6.86. The van der Waals surface area contributed by atoms with Crippen molar-refractivity contribution in [3.8, 4) is 5.75 Å². The molecule has 6 heteroatoms. The van der Waals surface area contributed by atoms with Crippen LogP contribution in [0.4, 0.5) is 5.69 Å². The zero-order valence-corrected chi connectivity index (χ0v) is 13.9. The average Bonchev–Trinajstić information content (AvgIpc) is 2.45. The lowest BCUT2D eigenvalue weighted by atomic mass is 10.1. The molecule has 0 radical (unpaired) electrons. The van der Waals surface area contributed by atoms with E-state index in [9.17, 15) is 8.42 Å². The molecule has 0 amide bonds. The number of nitrogens with zero attached hydrogens (tertiary/aromatic N) is 1. The maximum absolute atomic E-state index is 13.0. The number of para-hydroxylation sites is 2. The zero-order chi connectivity index (χ0) is 16.0. The molecule has 0 bridgehead atoms. The predicted octanol–water partition coefficient (Wildman–Crippen LogP) is 3.71. The number of rotatable bonds is 2. The summed E-state index contributed by atoms with van der Waals surface area (Å²) >= 11 is 5.94. The van der Waals surface area contributed by atoms with E-state index in [1.54, 1.807) is 36.4 Å². The molecule has 1 heterocycles. The topological polar surface area (TPSA) is 46.6 Å². The van der Waals surface area contributed by atoms with Gasteiger partial charge in [-0.15, -0.1) is 0 Å². The molecular weight excluding hydrogens is 322 g/mol. The minimum absolute atomic E-state index is 0.174. The van der Waals surface area contributed by atoms with Crippen LogP contribution in [0.2, 0.25) is 5.02 Å². The first-order chi connectivity index (χ1) is 10.3. The summed E-state index contributed by atoms with van der Waals surface area (Å²) in [6.45, 7) is 3.96. The van der Waals surface area contributed by atoms with Gasteiger partial charge in [0, 0.05) is 5.02 Å². The third kappa shape index (κ3) is 2.66. The van der Waals surface area contributed by atoms with Gasteiger partial charge < -0.3 is 4.74 Å². The number of fused-ring (bicyclic) bond motifs is 1. The van der Waals surface area contributed by atoms with Crippen LogP contribution < -0.4 is 9.04 Å². The molecule has 3 rings (SSSR count). The summed E-state index contributed by atoms with van der Waals surface area (Å²) in [5.74, 6) is 0.560. The maximum Gasteiger partial charge on any atom is 0.264 e. The molecule has 1 aliphatic rings. The second-order valence-corrected chi connectivity index (χ2v) is 8.10. The van der Waals surface area contributed by atoms with E-state index in [-0.39, 0.29) is 11.4 Å². The summed E-state index contributed by atoms with van der Waals surface area (Å²) in [6.07, 6.45) is 0. The minimum atomic E-state index is -3.70. The second-order valence-electron chi connectivity index (χ2n) is 5.80. The summed E-state index contributed by atoms with van der Waals surface area (Å²) in [4.78, 5) is 0.174. The number of anilines is 1. The molecule has 0 aliphatic carbocycles. The van der Waals surface area contributed by atoms with Gasteiger partial charge in [0.25, 0.3) is 10.0 Å². The third-order valence-electron chi connectivity index (χ3n) is 3.43. The zero-order valence-electron chi connectivity index (χ0n) is 12.3. The molecule has 1 aliphatic heterocycles. The van der Waals surface area contributed by atoms with Gasteiger partial charge in [0.15, 0.2) is 0 Å². The van der Waals surface area contributed by atoms with E-state index in [2.05, 4.69) is 0 Å². The van der Waals surface area contributed by atoms with Crippen molar-refractivity contribution >= 4 is 27.3 Å². The summed E-state index contributed by atoms with van der Waals surface area (Å²) < 4.78 is 33.3. The molecule has 0 saturated carbocycles. The van der Waals surface area contributed by atoms with Crippen molar-refractivity contribution in [2.45, 2.75) is 24.3 Å². The third-order valence-corrected chi connectivity index (χ3v) is 5.42. The van der Waals surface area contributed by atoms with Crippen LogP contribution in [-0.4, -0.2) is 20.6 Å². The van der Waals surface area contributed by atoms with Crippen LogP contribution in [0, 0.1) is 0 Å². The predicted molar refractivity (Wildman–Crippen MR) is 87.1 cm³/mol. The Morgan fingerprint density at radius 3 is 2.59 bits per heavy atom. The Balaban J connectivity index is 2.14. The number of hydrogen-bond acceptors (Lipinski definition) is 3. The van der Waals surface area contributed by atoms with Crippen LogP contribution in [0.3, 0.4) is 0 Å². The van der Waals surface area contributed by atoms with Gasteiger partial charge in [-0.3, -0.25) is 4.31 Å². The van der Waals surface area contributed by atoms with E-state index >= 15 is 0 Å². The van der Waals surface area contributed by atoms with Crippen molar-refractivity contribution in [3.05, 3.63) is 53.6 Å². The largest absolute Gasteiger partial charge is 0.484 e. The van der Waals surface area contributed by atoms with Crippen LogP contribution in [0.25, 0.3) is 0 Å². The standard InChI is InChI=1S/C16H16ClNO3S/c1-16(2)11-18(14-8-3-4-9-15(14)21-16)22(19,20)13-7-5-6-12(17)10-13/h3-10H,11H2,1-2H3. The summed E-state index contributed by atoms with van der Waals surface area (Å²) in [6, 6.07) is 13.4. The van der Waals surface area contributed by atoms with Crippen molar-refractivity contribution in [3.63, 3.8) is 0 Å². The molecule has 0 N–H and O–H groups in total. The molecule has 0 fully saturated rings. The average molecular weight is 338 g/mol. The number of benzene rings is 2. The molecule has 0 atom stereocenters. The normalized spacial score (nSPS) is 16.8. The fraction of sp³-hybridized carbons (Fsp3) is 0.250. The summed E-state index contributed by atoms with van der Waals surface area (Å²) in [5, 5.41) is 0.391. The quantitative estimate of drug-likeness (QED) is 0.839. The van der Waals surface area contributed by atoms with Crippen LogP contribution in [0.15, 0.2) is 53.4 Å². The molecule has 2 aromatic carbocycles. The van der Waals surface area contributed by atoms with Gasteiger partial charge in [-0.05, 0) is 44.2 Å². The van der Waals surface area contributed by atoms with Gasteiger partial charge in [-0.2, -0.15) is 0 Å². The highest BCUT2D eigenvalue weighted by molar-refractivity contribution is 7.92. The number of halogens is 1. The van der Waals surface area contributed by atoms with Gasteiger partial charge in [-0.25, -0.2) is 8.42 Å². The Morgan fingerprint density at radius 2 is 1.86 bits per heavy atom. The molecule has 116 valence electrons.